The maximum absolute atomic E-state index is 13.5. The lowest BCUT2D eigenvalue weighted by Gasteiger charge is -2.29. The first-order chi connectivity index (χ1) is 14.9. The predicted molar refractivity (Wildman–Crippen MR) is 129 cm³/mol. The molecule has 1 aliphatic heterocycles. The Kier molecular flexibility index (Phi) is 6.92. The van der Waals surface area contributed by atoms with Crippen molar-refractivity contribution in [2.24, 2.45) is 0 Å². The highest BCUT2D eigenvalue weighted by molar-refractivity contribution is 7.22. The van der Waals surface area contributed by atoms with Crippen LogP contribution in [0.1, 0.15) is 22.3 Å². The summed E-state index contributed by atoms with van der Waals surface area (Å²) < 4.78 is 6.51. The number of thiazole rings is 1. The van der Waals surface area contributed by atoms with Crippen molar-refractivity contribution in [2.75, 3.05) is 44.3 Å². The first-order valence-corrected chi connectivity index (χ1v) is 11.8. The molecule has 0 radical (unpaired) electrons. The molecular formula is C24H28ClN3O2S. The van der Waals surface area contributed by atoms with Gasteiger partial charge in [-0.05, 0) is 49.6 Å². The van der Waals surface area contributed by atoms with Crippen LogP contribution in [0.5, 0.6) is 0 Å². The Morgan fingerprint density at radius 1 is 1.19 bits per heavy atom. The van der Waals surface area contributed by atoms with Crippen LogP contribution in [0.4, 0.5) is 5.13 Å². The highest BCUT2D eigenvalue weighted by atomic mass is 35.5. The third-order valence-electron chi connectivity index (χ3n) is 5.85. The Labute approximate surface area is 192 Å². The molecule has 2 aromatic carbocycles. The number of anilines is 1. The largest absolute Gasteiger partial charge is 0.379 e. The van der Waals surface area contributed by atoms with Gasteiger partial charge < -0.3 is 4.74 Å². The van der Waals surface area contributed by atoms with Crippen molar-refractivity contribution in [1.29, 1.82) is 0 Å². The van der Waals surface area contributed by atoms with E-state index in [1.165, 1.54) is 5.56 Å². The molecule has 0 spiro atoms. The number of aromatic nitrogens is 1. The van der Waals surface area contributed by atoms with Gasteiger partial charge in [-0.15, -0.1) is 0 Å². The van der Waals surface area contributed by atoms with Crippen molar-refractivity contribution in [2.45, 2.75) is 27.2 Å². The lowest BCUT2D eigenvalue weighted by Crippen LogP contribution is -2.43. The molecule has 0 N–H and O–H groups in total. The molecule has 0 bridgehead atoms. The van der Waals surface area contributed by atoms with E-state index in [0.29, 0.717) is 18.0 Å². The Morgan fingerprint density at radius 2 is 1.97 bits per heavy atom. The summed E-state index contributed by atoms with van der Waals surface area (Å²) in [6.07, 6.45) is 0.366. The zero-order valence-corrected chi connectivity index (χ0v) is 19.9. The van der Waals surface area contributed by atoms with Gasteiger partial charge in [-0.1, -0.05) is 46.7 Å². The van der Waals surface area contributed by atoms with E-state index in [-0.39, 0.29) is 5.91 Å². The first-order valence-electron chi connectivity index (χ1n) is 10.6. The third kappa shape index (κ3) is 5.09. The van der Waals surface area contributed by atoms with Crippen LogP contribution in [0.25, 0.3) is 10.2 Å². The molecule has 0 unspecified atom stereocenters. The molecule has 7 heteroatoms. The van der Waals surface area contributed by atoms with Gasteiger partial charge in [-0.2, -0.15) is 0 Å². The molecule has 3 aromatic rings. The van der Waals surface area contributed by atoms with E-state index in [9.17, 15) is 4.79 Å². The van der Waals surface area contributed by atoms with E-state index >= 15 is 0 Å². The zero-order valence-electron chi connectivity index (χ0n) is 18.3. The molecule has 2 heterocycles. The molecule has 0 atom stereocenters. The predicted octanol–water partition coefficient (Wildman–Crippen LogP) is 4.78. The van der Waals surface area contributed by atoms with Gasteiger partial charge in [0.15, 0.2) is 5.13 Å². The summed E-state index contributed by atoms with van der Waals surface area (Å²) in [4.78, 5) is 22.5. The van der Waals surface area contributed by atoms with Gasteiger partial charge in [0.1, 0.15) is 0 Å². The quantitative estimate of drug-likeness (QED) is 0.534. The lowest BCUT2D eigenvalue weighted by atomic mass is 10.0. The number of ether oxygens (including phenoxy) is 1. The van der Waals surface area contributed by atoms with Crippen molar-refractivity contribution in [3.8, 4) is 0 Å². The molecule has 1 amide bonds. The fraction of sp³-hybridized carbons (Fsp3) is 0.417. The van der Waals surface area contributed by atoms with Crippen LogP contribution in [0.3, 0.4) is 0 Å². The number of hydrogen-bond donors (Lipinski definition) is 0. The van der Waals surface area contributed by atoms with E-state index in [0.717, 1.165) is 64.9 Å². The highest BCUT2D eigenvalue weighted by Crippen LogP contribution is 2.34. The number of carbonyl (C=O) groups is 1. The number of amides is 1. The molecule has 31 heavy (non-hydrogen) atoms. The smallest absolute Gasteiger partial charge is 0.233 e. The van der Waals surface area contributed by atoms with E-state index in [1.807, 2.05) is 24.0 Å². The second kappa shape index (κ2) is 9.65. The second-order valence-corrected chi connectivity index (χ2v) is 9.54. The molecule has 164 valence electrons. The van der Waals surface area contributed by atoms with Crippen molar-refractivity contribution >= 4 is 44.2 Å². The number of nitrogens with zero attached hydrogens (tertiary/aromatic N) is 3. The Bertz CT molecular complexity index is 1090. The Hall–Kier alpha value is -1.99. The van der Waals surface area contributed by atoms with E-state index in [4.69, 9.17) is 21.3 Å². The van der Waals surface area contributed by atoms with Crippen molar-refractivity contribution in [3.63, 3.8) is 0 Å². The fourth-order valence-corrected chi connectivity index (χ4v) is 5.12. The number of benzene rings is 2. The highest BCUT2D eigenvalue weighted by Gasteiger charge is 2.23. The van der Waals surface area contributed by atoms with Crippen molar-refractivity contribution < 1.29 is 9.53 Å². The molecule has 1 aromatic heterocycles. The van der Waals surface area contributed by atoms with Crippen LogP contribution in [0, 0.1) is 20.8 Å². The van der Waals surface area contributed by atoms with Gasteiger partial charge >= 0.3 is 0 Å². The van der Waals surface area contributed by atoms with E-state index in [1.54, 1.807) is 11.3 Å². The van der Waals surface area contributed by atoms with Gasteiger partial charge in [0.05, 0.1) is 29.9 Å². The van der Waals surface area contributed by atoms with Crippen LogP contribution in [-0.4, -0.2) is 55.2 Å². The minimum Gasteiger partial charge on any atom is -0.379 e. The van der Waals surface area contributed by atoms with Crippen LogP contribution in [0.15, 0.2) is 30.3 Å². The summed E-state index contributed by atoms with van der Waals surface area (Å²) >= 11 is 7.86. The fourth-order valence-electron chi connectivity index (χ4n) is 3.90. The van der Waals surface area contributed by atoms with Crippen LogP contribution in [-0.2, 0) is 16.0 Å². The molecule has 5 nitrogen and oxygen atoms in total. The molecular weight excluding hydrogens is 430 g/mol. The lowest BCUT2D eigenvalue weighted by molar-refractivity contribution is -0.118. The van der Waals surface area contributed by atoms with Gasteiger partial charge in [0.25, 0.3) is 0 Å². The van der Waals surface area contributed by atoms with Gasteiger partial charge in [-0.3, -0.25) is 14.6 Å². The van der Waals surface area contributed by atoms with Crippen molar-refractivity contribution in [3.05, 3.63) is 57.6 Å². The molecule has 0 aliphatic carbocycles. The summed E-state index contributed by atoms with van der Waals surface area (Å²) in [6.45, 7) is 10.8. The number of halogens is 1. The van der Waals surface area contributed by atoms with Crippen LogP contribution < -0.4 is 4.90 Å². The Morgan fingerprint density at radius 3 is 2.71 bits per heavy atom. The van der Waals surface area contributed by atoms with E-state index < -0.39 is 0 Å². The third-order valence-corrected chi connectivity index (χ3v) is 7.30. The number of carbonyl (C=O) groups excluding carboxylic acids is 1. The van der Waals surface area contributed by atoms with E-state index in [2.05, 4.69) is 36.9 Å². The van der Waals surface area contributed by atoms with Gasteiger partial charge in [0, 0.05) is 31.2 Å². The summed E-state index contributed by atoms with van der Waals surface area (Å²) in [5, 5.41) is 1.44. The van der Waals surface area contributed by atoms with Gasteiger partial charge in [0.2, 0.25) is 5.91 Å². The topological polar surface area (TPSA) is 45.7 Å². The minimum absolute atomic E-state index is 0.0722. The summed E-state index contributed by atoms with van der Waals surface area (Å²) in [5.41, 5.74) is 5.25. The molecule has 4 rings (SSSR count). The SMILES string of the molecule is Cc1ccc(CC(=O)N(CCN2CCOCC2)c2nc3c(C)c(Cl)ccc3s2)c(C)c1. The molecule has 1 saturated heterocycles. The minimum atomic E-state index is 0.0722. The number of hydrogen-bond acceptors (Lipinski definition) is 5. The average Bonchev–Trinajstić information content (AvgIpc) is 3.18. The molecule has 0 saturated carbocycles. The number of fused-ring (bicyclic) bond motifs is 1. The summed E-state index contributed by atoms with van der Waals surface area (Å²) in [5.74, 6) is 0.0722. The number of aryl methyl sites for hydroxylation is 3. The first kappa shape index (κ1) is 22.2. The van der Waals surface area contributed by atoms with Crippen LogP contribution in [0.2, 0.25) is 5.02 Å². The maximum Gasteiger partial charge on any atom is 0.233 e. The maximum atomic E-state index is 13.5. The van der Waals surface area contributed by atoms with Crippen LogP contribution >= 0.6 is 22.9 Å². The Balaban J connectivity index is 1.61. The van der Waals surface area contributed by atoms with Crippen molar-refractivity contribution in [1.82, 2.24) is 9.88 Å². The molecule has 1 fully saturated rings. The zero-order chi connectivity index (χ0) is 22.0. The average molecular weight is 458 g/mol. The second-order valence-electron chi connectivity index (χ2n) is 8.12. The molecule has 1 aliphatic rings. The standard InChI is InChI=1S/C24H28ClN3O2S/c1-16-4-5-19(17(2)14-16)15-22(29)28(9-8-27-10-12-30-13-11-27)24-26-23-18(3)20(25)6-7-21(23)31-24/h4-7,14H,8-13,15H2,1-3H3. The summed E-state index contributed by atoms with van der Waals surface area (Å²) in [7, 11) is 0. The number of rotatable bonds is 6. The monoisotopic (exact) mass is 457 g/mol. The van der Waals surface area contributed by atoms with Gasteiger partial charge in [-0.25, -0.2) is 4.98 Å². The summed E-state index contributed by atoms with van der Waals surface area (Å²) in [6, 6.07) is 10.1. The number of morpholine rings is 1. The normalized spacial score (nSPS) is 14.8.